The third kappa shape index (κ3) is 3.62. The van der Waals surface area contributed by atoms with Gasteiger partial charge >= 0.3 is 6.03 Å². The second kappa shape index (κ2) is 7.68. The fourth-order valence-electron chi connectivity index (χ4n) is 4.18. The maximum Gasteiger partial charge on any atom is 0.322 e. The highest BCUT2D eigenvalue weighted by Crippen LogP contribution is 2.30. The number of hydrogen-bond donors (Lipinski definition) is 1. The smallest absolute Gasteiger partial charge is 0.322 e. The molecule has 0 radical (unpaired) electrons. The normalized spacial score (nSPS) is 13.6. The van der Waals surface area contributed by atoms with Gasteiger partial charge in [0.05, 0.1) is 6.61 Å². The average molecular weight is 377 g/mol. The first-order valence-corrected chi connectivity index (χ1v) is 9.78. The molecule has 2 aromatic carbocycles. The van der Waals surface area contributed by atoms with Crippen LogP contribution in [0.25, 0.3) is 10.9 Å². The Labute approximate surface area is 165 Å². The lowest BCUT2D eigenvalue weighted by molar-refractivity contribution is 0.188. The van der Waals surface area contributed by atoms with E-state index >= 15 is 0 Å². The molecule has 146 valence electrons. The van der Waals surface area contributed by atoms with Crippen LogP contribution in [-0.2, 0) is 24.2 Å². The minimum absolute atomic E-state index is 0.0422. The van der Waals surface area contributed by atoms with Gasteiger partial charge in [0, 0.05) is 49.5 Å². The minimum atomic E-state index is -0.0422. The van der Waals surface area contributed by atoms with Gasteiger partial charge in [-0.3, -0.25) is 0 Å². The highest BCUT2D eigenvalue weighted by atomic mass is 16.5. The quantitative estimate of drug-likeness (QED) is 0.728. The number of anilines is 1. The lowest BCUT2D eigenvalue weighted by atomic mass is 10.1. The van der Waals surface area contributed by atoms with Crippen molar-refractivity contribution in [2.24, 2.45) is 0 Å². The molecule has 0 fully saturated rings. The SMILES string of the molecule is COCCn1cc2c3c(cccc31)CN(C(=O)Nc1cc(C)cc(C)c1)CC2. The molecule has 5 heteroatoms. The molecule has 3 aromatic rings. The van der Waals surface area contributed by atoms with Crippen LogP contribution in [0.5, 0.6) is 0 Å². The van der Waals surface area contributed by atoms with Crippen molar-refractivity contribution in [1.82, 2.24) is 9.47 Å². The van der Waals surface area contributed by atoms with Crippen LogP contribution in [0.4, 0.5) is 10.5 Å². The van der Waals surface area contributed by atoms with Crippen molar-refractivity contribution >= 4 is 22.6 Å². The first-order valence-electron chi connectivity index (χ1n) is 9.78. The number of urea groups is 1. The number of nitrogens with zero attached hydrogens (tertiary/aromatic N) is 2. The molecular formula is C23H27N3O2. The van der Waals surface area contributed by atoms with Crippen LogP contribution < -0.4 is 5.32 Å². The van der Waals surface area contributed by atoms with Crippen LogP contribution in [0.3, 0.4) is 0 Å². The summed E-state index contributed by atoms with van der Waals surface area (Å²) in [5, 5.41) is 4.37. The van der Waals surface area contributed by atoms with Crippen molar-refractivity contribution in [1.29, 1.82) is 0 Å². The molecule has 0 bridgehead atoms. The summed E-state index contributed by atoms with van der Waals surface area (Å²) in [4.78, 5) is 14.8. The zero-order valence-corrected chi connectivity index (χ0v) is 16.8. The highest BCUT2D eigenvalue weighted by molar-refractivity contribution is 5.92. The molecule has 0 spiro atoms. The number of aromatic nitrogens is 1. The Morgan fingerprint density at radius 1 is 1.14 bits per heavy atom. The van der Waals surface area contributed by atoms with Gasteiger partial charge in [-0.15, -0.1) is 0 Å². The van der Waals surface area contributed by atoms with E-state index < -0.39 is 0 Å². The summed E-state index contributed by atoms with van der Waals surface area (Å²) in [6, 6.07) is 12.5. The van der Waals surface area contributed by atoms with Crippen molar-refractivity contribution < 1.29 is 9.53 Å². The molecule has 2 heterocycles. The fraction of sp³-hybridized carbons (Fsp3) is 0.348. The van der Waals surface area contributed by atoms with Gasteiger partial charge < -0.3 is 19.5 Å². The van der Waals surface area contributed by atoms with Crippen LogP contribution in [0.2, 0.25) is 0 Å². The molecule has 1 N–H and O–H groups in total. The number of benzene rings is 2. The average Bonchev–Trinajstić information content (AvgIpc) is 2.89. The van der Waals surface area contributed by atoms with Crippen LogP contribution >= 0.6 is 0 Å². The molecule has 5 nitrogen and oxygen atoms in total. The number of methoxy groups -OCH3 is 1. The summed E-state index contributed by atoms with van der Waals surface area (Å²) >= 11 is 0. The number of carbonyl (C=O) groups is 1. The van der Waals surface area contributed by atoms with Crippen molar-refractivity contribution in [3.8, 4) is 0 Å². The summed E-state index contributed by atoms with van der Waals surface area (Å²) in [5.74, 6) is 0. The van der Waals surface area contributed by atoms with Crippen LogP contribution in [0, 0.1) is 13.8 Å². The Balaban J connectivity index is 1.58. The Hall–Kier alpha value is -2.79. The van der Waals surface area contributed by atoms with Gasteiger partial charge in [-0.25, -0.2) is 4.79 Å². The Morgan fingerprint density at radius 3 is 2.68 bits per heavy atom. The zero-order valence-electron chi connectivity index (χ0n) is 16.8. The molecule has 0 unspecified atom stereocenters. The Morgan fingerprint density at radius 2 is 1.93 bits per heavy atom. The predicted molar refractivity (Wildman–Crippen MR) is 113 cm³/mol. The van der Waals surface area contributed by atoms with Crippen molar-refractivity contribution in [3.05, 3.63) is 64.8 Å². The van der Waals surface area contributed by atoms with E-state index in [4.69, 9.17) is 4.74 Å². The van der Waals surface area contributed by atoms with E-state index in [1.165, 1.54) is 22.0 Å². The number of carbonyl (C=O) groups excluding carboxylic acids is 1. The molecule has 28 heavy (non-hydrogen) atoms. The molecule has 0 atom stereocenters. The first-order chi connectivity index (χ1) is 13.5. The molecular weight excluding hydrogens is 350 g/mol. The van der Waals surface area contributed by atoms with E-state index in [0.717, 1.165) is 29.8 Å². The van der Waals surface area contributed by atoms with Crippen molar-refractivity contribution in [2.75, 3.05) is 25.6 Å². The molecule has 1 aliphatic heterocycles. The van der Waals surface area contributed by atoms with E-state index in [2.05, 4.69) is 40.3 Å². The molecule has 0 aliphatic carbocycles. The van der Waals surface area contributed by atoms with Gasteiger partial charge in [-0.1, -0.05) is 18.2 Å². The molecule has 4 rings (SSSR count). The van der Waals surface area contributed by atoms with Crippen molar-refractivity contribution in [3.63, 3.8) is 0 Å². The molecule has 1 aliphatic rings. The van der Waals surface area contributed by atoms with Crippen LogP contribution in [0.15, 0.2) is 42.6 Å². The number of amides is 2. The maximum absolute atomic E-state index is 12.9. The van der Waals surface area contributed by atoms with Gasteiger partial charge in [0.25, 0.3) is 0 Å². The van der Waals surface area contributed by atoms with Gasteiger partial charge in [-0.2, -0.15) is 0 Å². The summed E-state index contributed by atoms with van der Waals surface area (Å²) in [6.07, 6.45) is 3.08. The van der Waals surface area contributed by atoms with E-state index in [0.29, 0.717) is 19.7 Å². The lowest BCUT2D eigenvalue weighted by Crippen LogP contribution is -2.35. The lowest BCUT2D eigenvalue weighted by Gasteiger charge is -2.22. The number of nitrogens with one attached hydrogen (secondary N) is 1. The van der Waals surface area contributed by atoms with E-state index in [1.54, 1.807) is 7.11 Å². The monoisotopic (exact) mass is 377 g/mol. The van der Waals surface area contributed by atoms with Crippen molar-refractivity contribution in [2.45, 2.75) is 33.4 Å². The number of rotatable bonds is 4. The summed E-state index contributed by atoms with van der Waals surface area (Å²) < 4.78 is 7.51. The molecule has 1 aromatic heterocycles. The van der Waals surface area contributed by atoms with Crippen LogP contribution in [0.1, 0.15) is 22.3 Å². The second-order valence-corrected chi connectivity index (χ2v) is 7.63. The molecule has 0 saturated carbocycles. The number of hydrogen-bond acceptors (Lipinski definition) is 2. The van der Waals surface area contributed by atoms with Gasteiger partial charge in [0.15, 0.2) is 0 Å². The number of aryl methyl sites for hydroxylation is 2. The maximum atomic E-state index is 12.9. The zero-order chi connectivity index (χ0) is 19.7. The van der Waals surface area contributed by atoms with E-state index in [9.17, 15) is 4.79 Å². The second-order valence-electron chi connectivity index (χ2n) is 7.63. The molecule has 0 saturated heterocycles. The van der Waals surface area contributed by atoms with Crippen LogP contribution in [-0.4, -0.2) is 35.8 Å². The minimum Gasteiger partial charge on any atom is -0.383 e. The van der Waals surface area contributed by atoms with Gasteiger partial charge in [-0.05, 0) is 60.7 Å². The summed E-state index contributed by atoms with van der Waals surface area (Å²) in [7, 11) is 1.73. The predicted octanol–water partition coefficient (Wildman–Crippen LogP) is 4.49. The third-order valence-corrected chi connectivity index (χ3v) is 5.38. The van der Waals surface area contributed by atoms with E-state index in [-0.39, 0.29) is 6.03 Å². The number of ether oxygens (including phenoxy) is 1. The summed E-state index contributed by atoms with van der Waals surface area (Å²) in [6.45, 7) is 6.95. The topological polar surface area (TPSA) is 46.5 Å². The summed E-state index contributed by atoms with van der Waals surface area (Å²) in [5.41, 5.74) is 6.89. The molecule has 2 amide bonds. The Bertz CT molecular complexity index is 1000. The van der Waals surface area contributed by atoms with Gasteiger partial charge in [0.1, 0.15) is 0 Å². The van der Waals surface area contributed by atoms with Gasteiger partial charge in [0.2, 0.25) is 0 Å². The first kappa shape index (κ1) is 18.6. The largest absolute Gasteiger partial charge is 0.383 e. The third-order valence-electron chi connectivity index (χ3n) is 5.38. The van der Waals surface area contributed by atoms with E-state index in [1.807, 2.05) is 30.9 Å². The highest BCUT2D eigenvalue weighted by Gasteiger charge is 2.22. The fourth-order valence-corrected chi connectivity index (χ4v) is 4.18. The Kier molecular flexibility index (Phi) is 5.09. The standard InChI is InChI=1S/C23H27N3O2/c1-16-11-17(2)13-20(12-16)24-23(27)26-8-7-19-14-25(9-10-28-3)21-6-4-5-18(15-26)22(19)21/h4-6,11-14H,7-10,15H2,1-3H3,(H,24,27).